The van der Waals surface area contributed by atoms with Gasteiger partial charge in [0.25, 0.3) is 0 Å². The van der Waals surface area contributed by atoms with Crippen LogP contribution in [-0.4, -0.2) is 9.97 Å². The first-order valence-electron chi connectivity index (χ1n) is 15.6. The highest BCUT2D eigenvalue weighted by Gasteiger charge is 2.19. The molecule has 0 amide bonds. The van der Waals surface area contributed by atoms with Gasteiger partial charge in [0, 0.05) is 22.3 Å². The molecule has 46 heavy (non-hydrogen) atoms. The third-order valence-corrected chi connectivity index (χ3v) is 8.52. The van der Waals surface area contributed by atoms with Crippen LogP contribution in [0.2, 0.25) is 0 Å². The standard InChI is InChI=1S/C44H30N2/c1-5-13-31(14-6-1)33-21-25-37(26-22-33)41-42(38-27-23-34(24-28-38)32-15-7-2-8-16-32)46-44-40(36-19-11-4-12-20-36)30-29-39(43(44)45-41)35-17-9-3-10-18-35/h1-30H. The molecule has 0 aliphatic heterocycles. The predicted octanol–water partition coefficient (Wildman–Crippen LogP) is 11.6. The molecule has 0 fully saturated rings. The minimum Gasteiger partial charge on any atom is -0.243 e. The lowest BCUT2D eigenvalue weighted by Crippen LogP contribution is -1.99. The summed E-state index contributed by atoms with van der Waals surface area (Å²) in [6.07, 6.45) is 0. The quantitative estimate of drug-likeness (QED) is 0.194. The van der Waals surface area contributed by atoms with E-state index in [0.29, 0.717) is 0 Å². The van der Waals surface area contributed by atoms with E-state index in [0.717, 1.165) is 55.8 Å². The fraction of sp³-hybridized carbons (Fsp3) is 0. The molecule has 0 bridgehead atoms. The maximum atomic E-state index is 5.50. The summed E-state index contributed by atoms with van der Waals surface area (Å²) in [4.78, 5) is 11.0. The minimum absolute atomic E-state index is 0.863. The summed E-state index contributed by atoms with van der Waals surface area (Å²) in [5.74, 6) is 0. The molecular weight excluding hydrogens is 556 g/mol. The van der Waals surface area contributed by atoms with Gasteiger partial charge in [0.05, 0.1) is 22.4 Å². The van der Waals surface area contributed by atoms with Crippen molar-refractivity contribution in [3.05, 3.63) is 182 Å². The SMILES string of the molecule is c1ccc(-c2ccc(-c3nc4c(-c5ccccc5)ccc(-c5ccccc5)c4nc3-c3ccc(-c4ccccc4)cc3)cc2)cc1. The summed E-state index contributed by atoms with van der Waals surface area (Å²) in [6, 6.07) is 63.7. The van der Waals surface area contributed by atoms with Gasteiger partial charge in [-0.1, -0.05) is 182 Å². The zero-order chi connectivity index (χ0) is 30.7. The molecule has 2 nitrogen and oxygen atoms in total. The van der Waals surface area contributed by atoms with Gasteiger partial charge >= 0.3 is 0 Å². The third kappa shape index (κ3) is 5.27. The van der Waals surface area contributed by atoms with Gasteiger partial charge in [-0.25, -0.2) is 9.97 Å². The van der Waals surface area contributed by atoms with E-state index in [9.17, 15) is 0 Å². The van der Waals surface area contributed by atoms with Gasteiger partial charge in [0.1, 0.15) is 0 Å². The molecule has 8 rings (SSSR count). The molecule has 1 heterocycles. The fourth-order valence-corrected chi connectivity index (χ4v) is 6.14. The predicted molar refractivity (Wildman–Crippen MR) is 192 cm³/mol. The van der Waals surface area contributed by atoms with E-state index in [1.807, 2.05) is 24.3 Å². The van der Waals surface area contributed by atoms with E-state index in [-0.39, 0.29) is 0 Å². The summed E-state index contributed by atoms with van der Waals surface area (Å²) in [6.45, 7) is 0. The van der Waals surface area contributed by atoms with Gasteiger partial charge in [-0.2, -0.15) is 0 Å². The van der Waals surface area contributed by atoms with Crippen LogP contribution in [-0.2, 0) is 0 Å². The molecule has 0 unspecified atom stereocenters. The Morgan fingerprint density at radius 3 is 0.804 bits per heavy atom. The maximum absolute atomic E-state index is 5.50. The van der Waals surface area contributed by atoms with Gasteiger partial charge in [-0.3, -0.25) is 0 Å². The van der Waals surface area contributed by atoms with Crippen LogP contribution < -0.4 is 0 Å². The van der Waals surface area contributed by atoms with E-state index < -0.39 is 0 Å². The molecule has 0 saturated carbocycles. The Morgan fingerprint density at radius 2 is 0.478 bits per heavy atom. The van der Waals surface area contributed by atoms with Gasteiger partial charge in [-0.15, -0.1) is 0 Å². The van der Waals surface area contributed by atoms with Gasteiger partial charge < -0.3 is 0 Å². The Kier molecular flexibility index (Phi) is 7.22. The van der Waals surface area contributed by atoms with Crippen LogP contribution in [0.3, 0.4) is 0 Å². The molecule has 0 aliphatic rings. The maximum Gasteiger partial charge on any atom is 0.0979 e. The lowest BCUT2D eigenvalue weighted by atomic mass is 9.95. The molecule has 216 valence electrons. The first-order valence-corrected chi connectivity index (χ1v) is 15.6. The average Bonchev–Trinajstić information content (AvgIpc) is 3.15. The molecule has 0 saturated heterocycles. The summed E-state index contributed by atoms with van der Waals surface area (Å²) < 4.78 is 0. The number of nitrogens with zero attached hydrogens (tertiary/aromatic N) is 2. The minimum atomic E-state index is 0.863. The third-order valence-electron chi connectivity index (χ3n) is 8.52. The van der Waals surface area contributed by atoms with E-state index in [1.165, 1.54) is 22.3 Å². The van der Waals surface area contributed by atoms with Crippen LogP contribution in [0.5, 0.6) is 0 Å². The van der Waals surface area contributed by atoms with Crippen LogP contribution in [0.15, 0.2) is 182 Å². The highest BCUT2D eigenvalue weighted by molar-refractivity contribution is 6.03. The zero-order valence-corrected chi connectivity index (χ0v) is 25.2. The lowest BCUT2D eigenvalue weighted by Gasteiger charge is -2.16. The van der Waals surface area contributed by atoms with Crippen LogP contribution in [0.4, 0.5) is 0 Å². The van der Waals surface area contributed by atoms with Crippen LogP contribution in [0.1, 0.15) is 0 Å². The monoisotopic (exact) mass is 586 g/mol. The second-order valence-corrected chi connectivity index (χ2v) is 11.4. The van der Waals surface area contributed by atoms with Crippen molar-refractivity contribution in [2.45, 2.75) is 0 Å². The Labute approximate surface area is 269 Å². The zero-order valence-electron chi connectivity index (χ0n) is 25.2. The first kappa shape index (κ1) is 27.4. The number of benzene rings is 7. The number of rotatable bonds is 6. The molecule has 0 atom stereocenters. The smallest absolute Gasteiger partial charge is 0.0979 e. The number of hydrogen-bond acceptors (Lipinski definition) is 2. The highest BCUT2D eigenvalue weighted by Crippen LogP contribution is 2.39. The van der Waals surface area contributed by atoms with Crippen molar-refractivity contribution in [2.75, 3.05) is 0 Å². The van der Waals surface area contributed by atoms with Crippen molar-refractivity contribution in [2.24, 2.45) is 0 Å². The van der Waals surface area contributed by atoms with Crippen molar-refractivity contribution >= 4 is 11.0 Å². The molecule has 2 heteroatoms. The molecule has 0 spiro atoms. The highest BCUT2D eigenvalue weighted by atomic mass is 14.8. The molecular formula is C44H30N2. The van der Waals surface area contributed by atoms with E-state index in [1.54, 1.807) is 0 Å². The lowest BCUT2D eigenvalue weighted by molar-refractivity contribution is 1.29. The number of aromatic nitrogens is 2. The largest absolute Gasteiger partial charge is 0.243 e. The van der Waals surface area contributed by atoms with Crippen molar-refractivity contribution < 1.29 is 0 Å². The second kappa shape index (κ2) is 12.1. The summed E-state index contributed by atoms with van der Waals surface area (Å²) in [5, 5.41) is 0. The van der Waals surface area contributed by atoms with E-state index in [4.69, 9.17) is 9.97 Å². The van der Waals surface area contributed by atoms with Crippen LogP contribution in [0, 0.1) is 0 Å². The van der Waals surface area contributed by atoms with Crippen molar-refractivity contribution in [3.8, 4) is 67.0 Å². The fourth-order valence-electron chi connectivity index (χ4n) is 6.14. The average molecular weight is 587 g/mol. The van der Waals surface area contributed by atoms with Crippen LogP contribution >= 0.6 is 0 Å². The van der Waals surface area contributed by atoms with E-state index >= 15 is 0 Å². The first-order chi connectivity index (χ1) is 22.8. The van der Waals surface area contributed by atoms with E-state index in [2.05, 4.69) is 158 Å². The molecule has 0 radical (unpaired) electrons. The van der Waals surface area contributed by atoms with Gasteiger partial charge in [0.15, 0.2) is 0 Å². The number of fused-ring (bicyclic) bond motifs is 1. The molecule has 7 aromatic carbocycles. The normalized spacial score (nSPS) is 11.0. The Balaban J connectivity index is 1.37. The molecule has 0 aliphatic carbocycles. The topological polar surface area (TPSA) is 25.8 Å². The molecule has 1 aromatic heterocycles. The van der Waals surface area contributed by atoms with Gasteiger partial charge in [-0.05, 0) is 33.4 Å². The molecule has 8 aromatic rings. The summed E-state index contributed by atoms with van der Waals surface area (Å²) >= 11 is 0. The Morgan fingerprint density at radius 1 is 0.217 bits per heavy atom. The van der Waals surface area contributed by atoms with Gasteiger partial charge in [0.2, 0.25) is 0 Å². The van der Waals surface area contributed by atoms with Crippen LogP contribution in [0.25, 0.3) is 78.1 Å². The van der Waals surface area contributed by atoms with Crippen molar-refractivity contribution in [3.63, 3.8) is 0 Å². The van der Waals surface area contributed by atoms with Crippen molar-refractivity contribution in [1.82, 2.24) is 9.97 Å². The Bertz CT molecular complexity index is 2080. The number of hydrogen-bond donors (Lipinski definition) is 0. The van der Waals surface area contributed by atoms with Crippen molar-refractivity contribution in [1.29, 1.82) is 0 Å². The Hall–Kier alpha value is -6.12. The molecule has 0 N–H and O–H groups in total. The summed E-state index contributed by atoms with van der Waals surface area (Å²) in [7, 11) is 0. The second-order valence-electron chi connectivity index (χ2n) is 11.4. The summed E-state index contributed by atoms with van der Waals surface area (Å²) in [5.41, 5.74) is 14.6.